The molecule has 4 aromatic rings. The molecule has 1 aliphatic rings. The molecule has 0 atom stereocenters. The van der Waals surface area contributed by atoms with Crippen LogP contribution in [0.1, 0.15) is 30.1 Å². The maximum absolute atomic E-state index is 13.6. The maximum Gasteiger partial charge on any atom is 0.404 e. The molecule has 1 fully saturated rings. The molecule has 4 N–H and O–H groups in total. The van der Waals surface area contributed by atoms with E-state index in [1.54, 1.807) is 30.2 Å². The fourth-order valence-electron chi connectivity index (χ4n) is 4.35. The molecule has 32 heavy (non-hydrogen) atoms. The van der Waals surface area contributed by atoms with Crippen molar-refractivity contribution in [2.24, 2.45) is 7.05 Å². The molecular formula is C21H20FN7O3. The number of aromatic amines is 1. The van der Waals surface area contributed by atoms with Gasteiger partial charge in [-0.1, -0.05) is 0 Å². The fraction of sp³-hybridized carbons (Fsp3) is 0.286. The van der Waals surface area contributed by atoms with Gasteiger partial charge in [0, 0.05) is 30.2 Å². The van der Waals surface area contributed by atoms with Crippen LogP contribution in [0.4, 0.5) is 9.18 Å². The van der Waals surface area contributed by atoms with Crippen LogP contribution in [0.5, 0.6) is 0 Å². The summed E-state index contributed by atoms with van der Waals surface area (Å²) in [7, 11) is 1.72. The number of hydrogen-bond donors (Lipinski definition) is 4. The Morgan fingerprint density at radius 3 is 2.88 bits per heavy atom. The van der Waals surface area contributed by atoms with Crippen molar-refractivity contribution in [3.63, 3.8) is 0 Å². The average molecular weight is 437 g/mol. The number of rotatable bonds is 4. The van der Waals surface area contributed by atoms with E-state index in [-0.39, 0.29) is 17.8 Å². The number of aromatic nitrogens is 5. The summed E-state index contributed by atoms with van der Waals surface area (Å²) in [6.07, 6.45) is 3.03. The molecule has 0 saturated heterocycles. The second-order valence-corrected chi connectivity index (χ2v) is 8.36. The molecule has 2 amide bonds. The molecule has 3 heterocycles. The van der Waals surface area contributed by atoms with E-state index < -0.39 is 11.6 Å². The average Bonchev–Trinajstić information content (AvgIpc) is 3.27. The molecule has 10 nitrogen and oxygen atoms in total. The van der Waals surface area contributed by atoms with E-state index in [4.69, 9.17) is 5.11 Å². The Morgan fingerprint density at radius 2 is 2.12 bits per heavy atom. The van der Waals surface area contributed by atoms with E-state index in [9.17, 15) is 14.0 Å². The van der Waals surface area contributed by atoms with Crippen molar-refractivity contribution in [3.8, 4) is 11.4 Å². The summed E-state index contributed by atoms with van der Waals surface area (Å²) in [6, 6.07) is 4.22. The Hall–Kier alpha value is -4.02. The smallest absolute Gasteiger partial charge is 0.404 e. The van der Waals surface area contributed by atoms with Crippen molar-refractivity contribution >= 4 is 34.1 Å². The van der Waals surface area contributed by atoms with Crippen LogP contribution in [0.15, 0.2) is 30.6 Å². The largest absolute Gasteiger partial charge is 0.465 e. The first-order valence-electron chi connectivity index (χ1n) is 10.0. The summed E-state index contributed by atoms with van der Waals surface area (Å²) >= 11 is 0. The van der Waals surface area contributed by atoms with Gasteiger partial charge < -0.3 is 20.7 Å². The molecule has 1 aliphatic carbocycles. The molecular weight excluding hydrogens is 417 g/mol. The van der Waals surface area contributed by atoms with Crippen molar-refractivity contribution in [2.75, 3.05) is 0 Å². The molecule has 0 aliphatic heterocycles. The van der Waals surface area contributed by atoms with Crippen LogP contribution in [0, 0.1) is 5.82 Å². The van der Waals surface area contributed by atoms with Gasteiger partial charge in [0.2, 0.25) is 0 Å². The highest BCUT2D eigenvalue weighted by Gasteiger charge is 2.42. The third kappa shape index (κ3) is 3.31. The Kier molecular flexibility index (Phi) is 4.36. The van der Waals surface area contributed by atoms with Crippen molar-refractivity contribution in [3.05, 3.63) is 42.0 Å². The summed E-state index contributed by atoms with van der Waals surface area (Å²) in [5.74, 6) is -0.685. The van der Waals surface area contributed by atoms with Crippen LogP contribution < -0.4 is 10.6 Å². The van der Waals surface area contributed by atoms with E-state index in [1.165, 1.54) is 12.1 Å². The molecule has 164 valence electrons. The van der Waals surface area contributed by atoms with Crippen molar-refractivity contribution < 1.29 is 19.1 Å². The van der Waals surface area contributed by atoms with Gasteiger partial charge in [0.1, 0.15) is 22.7 Å². The maximum atomic E-state index is 13.6. The van der Waals surface area contributed by atoms with Gasteiger partial charge in [-0.05, 0) is 38.0 Å². The van der Waals surface area contributed by atoms with Gasteiger partial charge in [0.15, 0.2) is 5.65 Å². The lowest BCUT2D eigenvalue weighted by atomic mass is 9.74. The lowest BCUT2D eigenvalue weighted by Crippen LogP contribution is -2.61. The lowest BCUT2D eigenvalue weighted by molar-refractivity contribution is 0.0800. The zero-order valence-electron chi connectivity index (χ0n) is 17.3. The Bertz CT molecular complexity index is 1390. The molecule has 5 rings (SSSR count). The van der Waals surface area contributed by atoms with Crippen LogP contribution in [0.3, 0.4) is 0 Å². The zero-order valence-corrected chi connectivity index (χ0v) is 17.3. The van der Waals surface area contributed by atoms with E-state index in [0.29, 0.717) is 46.5 Å². The minimum atomic E-state index is -1.08. The van der Waals surface area contributed by atoms with Crippen LogP contribution in [-0.4, -0.2) is 53.4 Å². The van der Waals surface area contributed by atoms with Crippen LogP contribution in [0.25, 0.3) is 33.5 Å². The first-order chi connectivity index (χ1) is 15.2. The number of carboxylic acid groups (broad SMARTS) is 1. The number of carbonyl (C=O) groups is 2. The first kappa shape index (κ1) is 19.9. The quantitative estimate of drug-likeness (QED) is 0.387. The summed E-state index contributed by atoms with van der Waals surface area (Å²) in [5.41, 5.74) is 2.29. The highest BCUT2D eigenvalue weighted by atomic mass is 19.1. The summed E-state index contributed by atoms with van der Waals surface area (Å²) in [4.78, 5) is 35.7. The number of nitrogens with one attached hydrogen (secondary N) is 3. The minimum Gasteiger partial charge on any atom is -0.465 e. The number of fused-ring (bicyclic) bond motifs is 2. The lowest BCUT2D eigenvalue weighted by Gasteiger charge is -2.45. The van der Waals surface area contributed by atoms with Gasteiger partial charge in [-0.15, -0.1) is 0 Å². The van der Waals surface area contributed by atoms with Gasteiger partial charge in [-0.2, -0.15) is 5.10 Å². The topological polar surface area (TPSA) is 138 Å². The Morgan fingerprint density at radius 1 is 1.34 bits per heavy atom. The summed E-state index contributed by atoms with van der Waals surface area (Å²) in [5, 5.41) is 19.4. The van der Waals surface area contributed by atoms with Gasteiger partial charge in [-0.25, -0.2) is 19.2 Å². The molecule has 3 aromatic heterocycles. The monoisotopic (exact) mass is 437 g/mol. The number of benzene rings is 1. The number of amides is 2. The van der Waals surface area contributed by atoms with Crippen molar-refractivity contribution in [1.82, 2.24) is 35.4 Å². The SMILES string of the molecule is Cn1nc(-c2cnc3[nH]cc(C(=O)NC4(C)CC(NC(=O)O)C4)c3n2)c2ccc(F)cc21. The number of aryl methyl sites for hydroxylation is 1. The normalized spacial score (nSPS) is 20.3. The third-order valence-electron chi connectivity index (χ3n) is 5.82. The Labute approximate surface area is 180 Å². The number of H-pyrrole nitrogens is 1. The molecule has 1 aromatic carbocycles. The number of nitrogens with zero attached hydrogens (tertiary/aromatic N) is 4. The van der Waals surface area contributed by atoms with Crippen LogP contribution >= 0.6 is 0 Å². The highest BCUT2D eigenvalue weighted by Crippen LogP contribution is 2.33. The molecule has 0 radical (unpaired) electrons. The first-order valence-corrected chi connectivity index (χ1v) is 10.0. The van der Waals surface area contributed by atoms with E-state index in [0.717, 1.165) is 5.39 Å². The van der Waals surface area contributed by atoms with Crippen LogP contribution in [0.2, 0.25) is 0 Å². The molecule has 0 bridgehead atoms. The van der Waals surface area contributed by atoms with E-state index >= 15 is 0 Å². The van der Waals surface area contributed by atoms with Gasteiger partial charge in [-0.3, -0.25) is 9.48 Å². The summed E-state index contributed by atoms with van der Waals surface area (Å²) in [6.45, 7) is 1.87. The molecule has 0 spiro atoms. The van der Waals surface area contributed by atoms with Gasteiger partial charge in [0.25, 0.3) is 5.91 Å². The zero-order chi connectivity index (χ0) is 22.6. The van der Waals surface area contributed by atoms with Crippen LogP contribution in [-0.2, 0) is 7.05 Å². The molecule has 0 unspecified atom stereocenters. The van der Waals surface area contributed by atoms with Gasteiger partial charge >= 0.3 is 6.09 Å². The standard InChI is InChI=1S/C21H20FN7O3/c1-21(6-11(7-21)25-20(31)32)27-19(30)13-8-23-18-17(13)26-14(9-24-18)16-12-4-3-10(22)5-15(12)29(2)28-16/h3-5,8-9,11,25H,6-7H2,1-2H3,(H,23,24)(H,27,30)(H,31,32). The van der Waals surface area contributed by atoms with E-state index in [1.807, 2.05) is 6.92 Å². The number of hydrogen-bond acceptors (Lipinski definition) is 5. The second-order valence-electron chi connectivity index (χ2n) is 8.36. The predicted octanol–water partition coefficient (Wildman–Crippen LogP) is 2.57. The fourth-order valence-corrected chi connectivity index (χ4v) is 4.35. The van der Waals surface area contributed by atoms with E-state index in [2.05, 4.69) is 30.7 Å². The van der Waals surface area contributed by atoms with Crippen molar-refractivity contribution in [1.29, 1.82) is 0 Å². The molecule has 1 saturated carbocycles. The number of carbonyl (C=O) groups excluding carboxylic acids is 1. The Balaban J connectivity index is 1.45. The second kappa shape index (κ2) is 7.01. The third-order valence-corrected chi connectivity index (χ3v) is 5.82. The number of halogens is 1. The van der Waals surface area contributed by atoms with Gasteiger partial charge in [0.05, 0.1) is 17.3 Å². The van der Waals surface area contributed by atoms with Crippen molar-refractivity contribution in [2.45, 2.75) is 31.3 Å². The predicted molar refractivity (Wildman–Crippen MR) is 114 cm³/mol. The highest BCUT2D eigenvalue weighted by molar-refractivity contribution is 6.05. The summed E-state index contributed by atoms with van der Waals surface area (Å²) < 4.78 is 15.2. The molecule has 11 heteroatoms. The minimum absolute atomic E-state index is 0.186.